The SMILES string of the molecule is CNC(C)CCc1ccc(F)cc1F. The molecule has 0 fully saturated rings. The van der Waals surface area contributed by atoms with Gasteiger partial charge in [0.15, 0.2) is 0 Å². The molecule has 0 bridgehead atoms. The molecule has 0 saturated heterocycles. The van der Waals surface area contributed by atoms with Crippen molar-refractivity contribution in [2.75, 3.05) is 7.05 Å². The van der Waals surface area contributed by atoms with E-state index in [2.05, 4.69) is 5.32 Å². The molecule has 0 aliphatic rings. The maximum Gasteiger partial charge on any atom is 0.129 e. The minimum absolute atomic E-state index is 0.347. The van der Waals surface area contributed by atoms with Gasteiger partial charge in [-0.1, -0.05) is 6.07 Å². The van der Waals surface area contributed by atoms with E-state index in [1.165, 1.54) is 12.1 Å². The van der Waals surface area contributed by atoms with E-state index in [0.29, 0.717) is 18.0 Å². The van der Waals surface area contributed by atoms with Crippen LogP contribution in [-0.2, 0) is 6.42 Å². The van der Waals surface area contributed by atoms with Crippen LogP contribution in [0.4, 0.5) is 8.78 Å². The lowest BCUT2D eigenvalue weighted by Gasteiger charge is -2.09. The summed E-state index contributed by atoms with van der Waals surface area (Å²) in [5.41, 5.74) is 0.577. The first kappa shape index (κ1) is 11.1. The van der Waals surface area contributed by atoms with Gasteiger partial charge >= 0.3 is 0 Å². The Bertz CT molecular complexity index is 299. The Kier molecular flexibility index (Phi) is 4.01. The lowest BCUT2D eigenvalue weighted by atomic mass is 10.1. The van der Waals surface area contributed by atoms with Gasteiger partial charge in [-0.3, -0.25) is 0 Å². The molecule has 0 amide bonds. The highest BCUT2D eigenvalue weighted by Gasteiger charge is 2.05. The molecular weight excluding hydrogens is 184 g/mol. The Morgan fingerprint density at radius 2 is 2.07 bits per heavy atom. The highest BCUT2D eigenvalue weighted by Crippen LogP contribution is 2.12. The van der Waals surface area contributed by atoms with Gasteiger partial charge in [-0.05, 0) is 38.4 Å². The molecule has 78 valence electrons. The van der Waals surface area contributed by atoms with Crippen molar-refractivity contribution in [1.82, 2.24) is 5.32 Å². The summed E-state index contributed by atoms with van der Waals surface area (Å²) in [6.07, 6.45) is 1.48. The summed E-state index contributed by atoms with van der Waals surface area (Å²) in [5.74, 6) is -0.971. The van der Waals surface area contributed by atoms with E-state index in [9.17, 15) is 8.78 Å². The third-order valence-electron chi connectivity index (χ3n) is 2.35. The average Bonchev–Trinajstić information content (AvgIpc) is 2.16. The summed E-state index contributed by atoms with van der Waals surface area (Å²) in [7, 11) is 1.87. The van der Waals surface area contributed by atoms with Gasteiger partial charge in [-0.2, -0.15) is 0 Å². The molecule has 1 aromatic rings. The van der Waals surface area contributed by atoms with E-state index in [4.69, 9.17) is 0 Å². The molecule has 1 N–H and O–H groups in total. The van der Waals surface area contributed by atoms with Crippen LogP contribution < -0.4 is 5.32 Å². The fraction of sp³-hybridized carbons (Fsp3) is 0.455. The Morgan fingerprint density at radius 3 is 2.64 bits per heavy atom. The molecule has 1 unspecified atom stereocenters. The van der Waals surface area contributed by atoms with Crippen molar-refractivity contribution in [3.63, 3.8) is 0 Å². The molecule has 14 heavy (non-hydrogen) atoms. The summed E-state index contributed by atoms with van der Waals surface area (Å²) >= 11 is 0. The zero-order chi connectivity index (χ0) is 10.6. The van der Waals surface area contributed by atoms with Gasteiger partial charge in [0.2, 0.25) is 0 Å². The zero-order valence-electron chi connectivity index (χ0n) is 8.48. The third-order valence-corrected chi connectivity index (χ3v) is 2.35. The predicted molar refractivity (Wildman–Crippen MR) is 53.2 cm³/mol. The van der Waals surface area contributed by atoms with E-state index in [-0.39, 0.29) is 0 Å². The second kappa shape index (κ2) is 5.05. The largest absolute Gasteiger partial charge is 0.317 e. The number of aryl methyl sites for hydroxylation is 1. The minimum Gasteiger partial charge on any atom is -0.317 e. The molecule has 0 aromatic heterocycles. The van der Waals surface area contributed by atoms with E-state index < -0.39 is 11.6 Å². The van der Waals surface area contributed by atoms with Crippen molar-refractivity contribution in [3.8, 4) is 0 Å². The Morgan fingerprint density at radius 1 is 1.36 bits per heavy atom. The fourth-order valence-corrected chi connectivity index (χ4v) is 1.24. The number of benzene rings is 1. The third kappa shape index (κ3) is 3.07. The van der Waals surface area contributed by atoms with E-state index in [0.717, 1.165) is 12.5 Å². The maximum absolute atomic E-state index is 13.1. The standard InChI is InChI=1S/C11H15F2N/c1-8(14-2)3-4-9-5-6-10(12)7-11(9)13/h5-8,14H,3-4H2,1-2H3. The molecule has 1 rings (SSSR count). The highest BCUT2D eigenvalue weighted by molar-refractivity contribution is 5.18. The molecule has 0 saturated carbocycles. The van der Waals surface area contributed by atoms with Crippen LogP contribution in [-0.4, -0.2) is 13.1 Å². The number of hydrogen-bond acceptors (Lipinski definition) is 1. The number of hydrogen-bond donors (Lipinski definition) is 1. The second-order valence-electron chi connectivity index (χ2n) is 3.46. The monoisotopic (exact) mass is 199 g/mol. The lowest BCUT2D eigenvalue weighted by Crippen LogP contribution is -2.21. The van der Waals surface area contributed by atoms with Crippen molar-refractivity contribution in [2.24, 2.45) is 0 Å². The second-order valence-corrected chi connectivity index (χ2v) is 3.46. The maximum atomic E-state index is 13.1. The molecular formula is C11H15F2N. The van der Waals surface area contributed by atoms with Crippen LogP contribution in [0.15, 0.2) is 18.2 Å². The fourth-order valence-electron chi connectivity index (χ4n) is 1.24. The van der Waals surface area contributed by atoms with Crippen molar-refractivity contribution in [2.45, 2.75) is 25.8 Å². The number of rotatable bonds is 4. The zero-order valence-corrected chi connectivity index (χ0v) is 8.48. The van der Waals surface area contributed by atoms with Gasteiger partial charge in [0.1, 0.15) is 11.6 Å². The first-order valence-electron chi connectivity index (χ1n) is 4.74. The van der Waals surface area contributed by atoms with Gasteiger partial charge in [-0.15, -0.1) is 0 Å². The van der Waals surface area contributed by atoms with Crippen molar-refractivity contribution < 1.29 is 8.78 Å². The van der Waals surface area contributed by atoms with E-state index in [1.807, 2.05) is 14.0 Å². The van der Waals surface area contributed by atoms with Crippen LogP contribution in [0.5, 0.6) is 0 Å². The van der Waals surface area contributed by atoms with Gasteiger partial charge < -0.3 is 5.32 Å². The summed E-state index contributed by atoms with van der Waals surface area (Å²) in [5, 5.41) is 3.07. The van der Waals surface area contributed by atoms with Crippen LogP contribution in [0, 0.1) is 11.6 Å². The van der Waals surface area contributed by atoms with Crippen LogP contribution in [0.3, 0.4) is 0 Å². The summed E-state index contributed by atoms with van der Waals surface area (Å²) in [6.45, 7) is 2.03. The van der Waals surface area contributed by atoms with Gasteiger partial charge in [-0.25, -0.2) is 8.78 Å². The Hall–Kier alpha value is -0.960. The highest BCUT2D eigenvalue weighted by atomic mass is 19.1. The smallest absolute Gasteiger partial charge is 0.129 e. The lowest BCUT2D eigenvalue weighted by molar-refractivity contribution is 0.538. The molecule has 3 heteroatoms. The van der Waals surface area contributed by atoms with Crippen LogP contribution >= 0.6 is 0 Å². The van der Waals surface area contributed by atoms with Crippen LogP contribution in [0.25, 0.3) is 0 Å². The summed E-state index contributed by atoms with van der Waals surface area (Å²) < 4.78 is 25.7. The summed E-state index contributed by atoms with van der Waals surface area (Å²) in [4.78, 5) is 0. The Balaban J connectivity index is 2.59. The van der Waals surface area contributed by atoms with E-state index in [1.54, 1.807) is 0 Å². The predicted octanol–water partition coefficient (Wildman–Crippen LogP) is 2.51. The molecule has 0 heterocycles. The molecule has 1 atom stereocenters. The topological polar surface area (TPSA) is 12.0 Å². The van der Waals surface area contributed by atoms with Crippen LogP contribution in [0.1, 0.15) is 18.9 Å². The van der Waals surface area contributed by atoms with Crippen molar-refractivity contribution in [3.05, 3.63) is 35.4 Å². The van der Waals surface area contributed by atoms with Gasteiger partial charge in [0.05, 0.1) is 0 Å². The Labute approximate surface area is 83.1 Å². The molecule has 0 spiro atoms. The van der Waals surface area contributed by atoms with Crippen LogP contribution in [0.2, 0.25) is 0 Å². The normalized spacial score (nSPS) is 12.9. The minimum atomic E-state index is -0.520. The number of halogens is 2. The molecule has 0 radical (unpaired) electrons. The molecule has 1 nitrogen and oxygen atoms in total. The molecule has 0 aliphatic carbocycles. The van der Waals surface area contributed by atoms with Crippen molar-refractivity contribution in [1.29, 1.82) is 0 Å². The van der Waals surface area contributed by atoms with Crippen molar-refractivity contribution >= 4 is 0 Å². The first-order valence-corrected chi connectivity index (χ1v) is 4.74. The summed E-state index contributed by atoms with van der Waals surface area (Å²) in [6, 6.07) is 4.08. The number of nitrogens with one attached hydrogen (secondary N) is 1. The first-order chi connectivity index (χ1) is 6.63. The quantitative estimate of drug-likeness (QED) is 0.785. The van der Waals surface area contributed by atoms with Gasteiger partial charge in [0.25, 0.3) is 0 Å². The molecule has 0 aliphatic heterocycles. The molecule has 1 aromatic carbocycles. The average molecular weight is 199 g/mol. The van der Waals surface area contributed by atoms with E-state index >= 15 is 0 Å². The van der Waals surface area contributed by atoms with Gasteiger partial charge in [0, 0.05) is 12.1 Å².